The molecule has 1 unspecified atom stereocenters. The number of carbonyl (C=O) groups excluding carboxylic acids is 1. The van der Waals surface area contributed by atoms with Crippen LogP contribution in [0.2, 0.25) is 0 Å². The van der Waals surface area contributed by atoms with Crippen LogP contribution < -0.4 is 5.43 Å². The average Bonchev–Trinajstić information content (AvgIpc) is 3.55. The number of nitrogens with one attached hydrogen (secondary N) is 1. The molecule has 0 aliphatic heterocycles. The third kappa shape index (κ3) is 4.06. The van der Waals surface area contributed by atoms with Gasteiger partial charge in [-0.1, -0.05) is 105 Å². The molecule has 0 spiro atoms. The van der Waals surface area contributed by atoms with Crippen LogP contribution in [0.4, 0.5) is 0 Å². The Hall–Kier alpha value is -3.20. The van der Waals surface area contributed by atoms with E-state index in [9.17, 15) is 4.79 Å². The summed E-state index contributed by atoms with van der Waals surface area (Å²) < 4.78 is 0. The van der Waals surface area contributed by atoms with E-state index in [1.54, 1.807) is 0 Å². The fraction of sp³-hybridized carbons (Fsp3) is 0.259. The van der Waals surface area contributed by atoms with E-state index in [0.29, 0.717) is 5.92 Å². The number of amides is 1. The molecule has 0 radical (unpaired) electrons. The van der Waals surface area contributed by atoms with Gasteiger partial charge in [0.15, 0.2) is 0 Å². The fourth-order valence-electron chi connectivity index (χ4n) is 4.30. The lowest BCUT2D eigenvalue weighted by molar-refractivity contribution is -0.122. The third-order valence-corrected chi connectivity index (χ3v) is 5.86. The second kappa shape index (κ2) is 8.66. The first-order valence-electron chi connectivity index (χ1n) is 10.6. The van der Waals surface area contributed by atoms with E-state index < -0.39 is 0 Å². The second-order valence-corrected chi connectivity index (χ2v) is 8.46. The van der Waals surface area contributed by atoms with E-state index in [1.165, 1.54) is 11.1 Å². The van der Waals surface area contributed by atoms with Crippen LogP contribution in [-0.4, -0.2) is 11.6 Å². The summed E-state index contributed by atoms with van der Waals surface area (Å²) in [5, 5.41) is 4.57. The van der Waals surface area contributed by atoms with E-state index in [0.717, 1.165) is 24.1 Å². The van der Waals surface area contributed by atoms with Gasteiger partial charge in [0.05, 0.1) is 11.6 Å². The topological polar surface area (TPSA) is 41.5 Å². The van der Waals surface area contributed by atoms with E-state index >= 15 is 0 Å². The molecule has 0 saturated heterocycles. The normalized spacial score (nSPS) is 17.6. The summed E-state index contributed by atoms with van der Waals surface area (Å²) in [4.78, 5) is 13.2. The molecular weight excluding hydrogens is 368 g/mol. The molecule has 0 bridgehead atoms. The van der Waals surface area contributed by atoms with Gasteiger partial charge in [0.2, 0.25) is 5.91 Å². The van der Waals surface area contributed by atoms with Crippen molar-refractivity contribution < 1.29 is 4.79 Å². The van der Waals surface area contributed by atoms with E-state index in [4.69, 9.17) is 0 Å². The number of hydrogen-bond acceptors (Lipinski definition) is 2. The van der Waals surface area contributed by atoms with Gasteiger partial charge >= 0.3 is 0 Å². The first-order chi connectivity index (χ1) is 14.6. The fourth-order valence-corrected chi connectivity index (χ4v) is 4.30. The van der Waals surface area contributed by atoms with Gasteiger partial charge in [-0.2, -0.15) is 5.10 Å². The molecule has 1 fully saturated rings. The zero-order chi connectivity index (χ0) is 21.0. The van der Waals surface area contributed by atoms with Crippen molar-refractivity contribution in [3.63, 3.8) is 0 Å². The average molecular weight is 397 g/mol. The Morgan fingerprint density at radius 2 is 1.40 bits per heavy atom. The van der Waals surface area contributed by atoms with Gasteiger partial charge in [-0.05, 0) is 35.4 Å². The minimum absolute atomic E-state index is 0.0140. The molecule has 0 heterocycles. The monoisotopic (exact) mass is 396 g/mol. The molecule has 152 valence electrons. The van der Waals surface area contributed by atoms with Gasteiger partial charge in [-0.3, -0.25) is 4.79 Å². The van der Waals surface area contributed by atoms with Crippen LogP contribution in [0.15, 0.2) is 96.1 Å². The first-order valence-corrected chi connectivity index (χ1v) is 10.6. The Kier molecular flexibility index (Phi) is 5.80. The summed E-state index contributed by atoms with van der Waals surface area (Å²) in [5.74, 6) is 0.316. The minimum Gasteiger partial charge on any atom is -0.273 e. The molecule has 3 aromatic carbocycles. The van der Waals surface area contributed by atoms with Crippen molar-refractivity contribution in [1.82, 2.24) is 5.43 Å². The lowest BCUT2D eigenvalue weighted by atomic mass is 9.85. The van der Waals surface area contributed by atoms with Crippen molar-refractivity contribution in [3.8, 4) is 0 Å². The van der Waals surface area contributed by atoms with Crippen LogP contribution in [-0.2, 0) is 10.2 Å². The van der Waals surface area contributed by atoms with E-state index in [1.807, 2.05) is 66.7 Å². The Morgan fingerprint density at radius 3 is 1.90 bits per heavy atom. The van der Waals surface area contributed by atoms with Crippen molar-refractivity contribution >= 4 is 11.6 Å². The zero-order valence-electron chi connectivity index (χ0n) is 17.6. The van der Waals surface area contributed by atoms with Crippen molar-refractivity contribution in [2.24, 2.45) is 16.9 Å². The maximum absolute atomic E-state index is 13.2. The third-order valence-electron chi connectivity index (χ3n) is 5.86. The molecule has 1 amide bonds. The molecule has 0 aromatic heterocycles. The molecule has 3 nitrogen and oxygen atoms in total. The van der Waals surface area contributed by atoms with Crippen LogP contribution in [0.5, 0.6) is 0 Å². The predicted octanol–water partition coefficient (Wildman–Crippen LogP) is 5.56. The largest absolute Gasteiger partial charge is 0.273 e. The van der Waals surface area contributed by atoms with Gasteiger partial charge in [0.1, 0.15) is 0 Å². The van der Waals surface area contributed by atoms with Crippen LogP contribution >= 0.6 is 0 Å². The smallest absolute Gasteiger partial charge is 0.244 e. The van der Waals surface area contributed by atoms with Crippen molar-refractivity contribution in [2.45, 2.75) is 32.1 Å². The second-order valence-electron chi connectivity index (χ2n) is 8.46. The highest BCUT2D eigenvalue weighted by atomic mass is 16.2. The number of carbonyl (C=O) groups is 1. The molecule has 30 heavy (non-hydrogen) atoms. The maximum atomic E-state index is 13.2. The minimum atomic E-state index is -0.271. The van der Waals surface area contributed by atoms with Crippen molar-refractivity contribution in [2.75, 3.05) is 0 Å². The molecule has 3 heteroatoms. The first kappa shape index (κ1) is 20.1. The Morgan fingerprint density at radius 1 is 0.900 bits per heavy atom. The Balaban J connectivity index is 1.59. The quantitative estimate of drug-likeness (QED) is 0.412. The summed E-state index contributed by atoms with van der Waals surface area (Å²) in [6.07, 6.45) is 1.62. The SMILES string of the molecule is CC(C)C/C(=N\NC(=O)C1CC1(c1ccccc1)c1ccccc1)c1ccccc1. The lowest BCUT2D eigenvalue weighted by Gasteiger charge is -2.18. The summed E-state index contributed by atoms with van der Waals surface area (Å²) in [6.45, 7) is 4.33. The number of rotatable bonds is 7. The van der Waals surface area contributed by atoms with Gasteiger partial charge in [0.25, 0.3) is 0 Å². The molecule has 3 aromatic rings. The highest BCUT2D eigenvalue weighted by Gasteiger charge is 2.60. The molecule has 4 rings (SSSR count). The van der Waals surface area contributed by atoms with Crippen LogP contribution in [0.1, 0.15) is 43.4 Å². The van der Waals surface area contributed by atoms with Crippen LogP contribution in [0, 0.1) is 11.8 Å². The zero-order valence-corrected chi connectivity index (χ0v) is 17.6. The van der Waals surface area contributed by atoms with Gasteiger partial charge < -0.3 is 0 Å². The molecular formula is C27H28N2O. The lowest BCUT2D eigenvalue weighted by Crippen LogP contribution is -2.27. The van der Waals surface area contributed by atoms with Crippen LogP contribution in [0.3, 0.4) is 0 Å². The summed E-state index contributed by atoms with van der Waals surface area (Å²) >= 11 is 0. The molecule has 1 N–H and O–H groups in total. The van der Waals surface area contributed by atoms with Gasteiger partial charge in [0, 0.05) is 5.41 Å². The van der Waals surface area contributed by atoms with E-state index in [-0.39, 0.29) is 17.2 Å². The van der Waals surface area contributed by atoms with E-state index in [2.05, 4.69) is 48.6 Å². The molecule has 1 atom stereocenters. The highest BCUT2D eigenvalue weighted by Crippen LogP contribution is 2.58. The standard InChI is InChI=1S/C27H28N2O/c1-20(2)18-25(21-12-6-3-7-13-21)28-29-26(30)24-19-27(24,22-14-8-4-9-15-22)23-16-10-5-11-17-23/h3-17,20,24H,18-19H2,1-2H3,(H,29,30)/b28-25+. The van der Waals surface area contributed by atoms with Gasteiger partial charge in [-0.25, -0.2) is 5.43 Å². The molecule has 1 aliphatic rings. The highest BCUT2D eigenvalue weighted by molar-refractivity contribution is 6.01. The summed E-state index contributed by atoms with van der Waals surface area (Å²) in [7, 11) is 0. The number of benzene rings is 3. The molecule has 1 saturated carbocycles. The van der Waals surface area contributed by atoms with Crippen molar-refractivity contribution in [1.29, 1.82) is 0 Å². The number of nitrogens with zero attached hydrogens (tertiary/aromatic N) is 1. The predicted molar refractivity (Wildman–Crippen MR) is 122 cm³/mol. The Bertz CT molecular complexity index is 971. The van der Waals surface area contributed by atoms with Crippen LogP contribution in [0.25, 0.3) is 0 Å². The summed E-state index contributed by atoms with van der Waals surface area (Å²) in [6, 6.07) is 30.8. The Labute approximate surface area is 178 Å². The molecule has 1 aliphatic carbocycles. The van der Waals surface area contributed by atoms with Crippen molar-refractivity contribution in [3.05, 3.63) is 108 Å². The summed E-state index contributed by atoms with van der Waals surface area (Å²) in [5.41, 5.74) is 6.97. The van der Waals surface area contributed by atoms with Gasteiger partial charge in [-0.15, -0.1) is 0 Å². The maximum Gasteiger partial charge on any atom is 0.244 e. The number of hydrazone groups is 1. The number of hydrogen-bond donors (Lipinski definition) is 1.